The van der Waals surface area contributed by atoms with Gasteiger partial charge in [0, 0.05) is 26.3 Å². The largest absolute Gasteiger partial charge is 0.505 e. The Balaban J connectivity index is 0.945. The van der Waals surface area contributed by atoms with Crippen LogP contribution in [0.5, 0.6) is 11.5 Å². The lowest BCUT2D eigenvalue weighted by molar-refractivity contribution is -0.124. The van der Waals surface area contributed by atoms with Crippen molar-refractivity contribution in [2.24, 2.45) is 23.0 Å². The van der Waals surface area contributed by atoms with Crippen LogP contribution in [0, 0.1) is 24.2 Å². The Morgan fingerprint density at radius 3 is 2.54 bits per heavy atom. The highest BCUT2D eigenvalue weighted by molar-refractivity contribution is 7.57. The number of hydrogen-bond acceptors (Lipinski definition) is 9. The molecule has 3 amide bonds. The van der Waals surface area contributed by atoms with Gasteiger partial charge in [0.25, 0.3) is 5.91 Å². The second-order valence-electron chi connectivity index (χ2n) is 14.4. The molecule has 12 nitrogen and oxygen atoms in total. The van der Waals surface area contributed by atoms with Gasteiger partial charge in [-0.2, -0.15) is 0 Å². The first-order valence-corrected chi connectivity index (χ1v) is 20.1. The molecule has 50 heavy (non-hydrogen) atoms. The van der Waals surface area contributed by atoms with E-state index in [1.807, 2.05) is 6.07 Å². The van der Waals surface area contributed by atoms with E-state index in [1.54, 1.807) is 26.3 Å². The van der Waals surface area contributed by atoms with Gasteiger partial charge in [-0.3, -0.25) is 18.9 Å². The third-order valence-corrected chi connectivity index (χ3v) is 11.3. The van der Waals surface area contributed by atoms with E-state index >= 15 is 0 Å². The summed E-state index contributed by atoms with van der Waals surface area (Å²) in [6.45, 7) is 8.49. The van der Waals surface area contributed by atoms with Gasteiger partial charge in [0.2, 0.25) is 19.2 Å². The maximum Gasteiger partial charge on any atom is 0.252 e. The summed E-state index contributed by atoms with van der Waals surface area (Å²) in [7, 11) is -2.60. The Bertz CT molecular complexity index is 1610. The van der Waals surface area contributed by atoms with Crippen LogP contribution in [0.15, 0.2) is 30.3 Å². The van der Waals surface area contributed by atoms with E-state index in [0.717, 1.165) is 38.5 Å². The molecule has 2 aromatic carbocycles. The van der Waals surface area contributed by atoms with Crippen molar-refractivity contribution in [1.29, 1.82) is 0 Å². The van der Waals surface area contributed by atoms with Crippen molar-refractivity contribution in [2.75, 3.05) is 58.2 Å². The highest BCUT2D eigenvalue weighted by Crippen LogP contribution is 2.61. The molecule has 2 fully saturated rings. The van der Waals surface area contributed by atoms with Crippen LogP contribution in [0.2, 0.25) is 0 Å². The van der Waals surface area contributed by atoms with E-state index < -0.39 is 19.2 Å². The van der Waals surface area contributed by atoms with Crippen LogP contribution in [0.3, 0.4) is 0 Å². The number of carbonyl (C=O) groups is 3. The van der Waals surface area contributed by atoms with E-state index in [2.05, 4.69) is 29.7 Å². The highest BCUT2D eigenvalue weighted by atomic mass is 31.2. The summed E-state index contributed by atoms with van der Waals surface area (Å²) in [6, 6.07) is 9.35. The number of aryl methyl sites for hydroxylation is 2. The monoisotopic (exact) mass is 713 g/mol. The van der Waals surface area contributed by atoms with Crippen LogP contribution in [0.25, 0.3) is 0 Å². The SMILES string of the molecule is Cc1ccc(NC(=O)COCCOCCNC(=O)CCO[C@@H]2CCC3C4CCc5cc(OP(C)(C)=O)ccc5C4CCC32C)c(O)c1C(N)=O. The number of anilines is 1. The second-order valence-corrected chi connectivity index (χ2v) is 17.1. The molecule has 3 aliphatic rings. The number of aromatic hydroxyl groups is 1. The molecule has 2 aromatic rings. The van der Waals surface area contributed by atoms with E-state index in [-0.39, 0.29) is 54.2 Å². The van der Waals surface area contributed by atoms with Gasteiger partial charge in [-0.05, 0) is 104 Å². The summed E-state index contributed by atoms with van der Waals surface area (Å²) in [6.07, 6.45) is 7.01. The molecule has 0 bridgehead atoms. The van der Waals surface area contributed by atoms with E-state index in [0.29, 0.717) is 55.2 Å². The minimum atomic E-state index is -2.60. The molecule has 3 aliphatic carbocycles. The number of primary amides is 1. The maximum atomic E-state index is 12.5. The predicted octanol–water partition coefficient (Wildman–Crippen LogP) is 5.14. The molecule has 0 radical (unpaired) electrons. The molecule has 0 heterocycles. The number of rotatable bonds is 16. The molecule has 0 saturated heterocycles. The second kappa shape index (κ2) is 16.3. The quantitative estimate of drug-likeness (QED) is 0.104. The van der Waals surface area contributed by atoms with E-state index in [4.69, 9.17) is 24.5 Å². The van der Waals surface area contributed by atoms with Crippen molar-refractivity contribution in [3.05, 3.63) is 52.6 Å². The Kier molecular flexibility index (Phi) is 12.3. The first kappa shape index (κ1) is 37.8. The third-order valence-electron chi connectivity index (χ3n) is 10.7. The Hall–Kier alpha value is -3.44. The maximum absolute atomic E-state index is 12.5. The fraction of sp³-hybridized carbons (Fsp3) is 0.595. The Morgan fingerprint density at radius 1 is 1.00 bits per heavy atom. The zero-order valence-corrected chi connectivity index (χ0v) is 30.5. The van der Waals surface area contributed by atoms with Gasteiger partial charge in [0.05, 0.1) is 43.8 Å². The van der Waals surface area contributed by atoms with Crippen LogP contribution in [0.1, 0.15) is 78.4 Å². The fourth-order valence-corrected chi connectivity index (χ4v) is 9.04. The summed E-state index contributed by atoms with van der Waals surface area (Å²) in [5.74, 6) is 0.719. The molecule has 0 aliphatic heterocycles. The molecule has 2 saturated carbocycles. The lowest BCUT2D eigenvalue weighted by Gasteiger charge is -2.50. The number of nitrogens with one attached hydrogen (secondary N) is 2. The highest BCUT2D eigenvalue weighted by Gasteiger charge is 2.55. The average molecular weight is 714 g/mol. The van der Waals surface area contributed by atoms with Gasteiger partial charge in [0.15, 0.2) is 5.75 Å². The molecule has 274 valence electrons. The topological polar surface area (TPSA) is 176 Å². The van der Waals surface area contributed by atoms with Crippen LogP contribution in [-0.2, 0) is 34.8 Å². The molecular formula is C37H52N3O9P. The van der Waals surface area contributed by atoms with Crippen molar-refractivity contribution in [3.63, 3.8) is 0 Å². The first-order chi connectivity index (χ1) is 23.8. The lowest BCUT2D eigenvalue weighted by atomic mass is 9.55. The number of carbonyl (C=O) groups excluding carboxylic acids is 3. The van der Waals surface area contributed by atoms with Gasteiger partial charge in [0.1, 0.15) is 12.4 Å². The Labute approximate surface area is 294 Å². The van der Waals surface area contributed by atoms with E-state index in [1.165, 1.54) is 17.2 Å². The zero-order chi connectivity index (χ0) is 36.1. The average Bonchev–Trinajstić information content (AvgIpc) is 3.38. The van der Waals surface area contributed by atoms with Crippen LogP contribution < -0.4 is 20.9 Å². The van der Waals surface area contributed by atoms with Crippen molar-refractivity contribution >= 4 is 30.8 Å². The minimum absolute atomic E-state index is 0.0436. The molecule has 13 heteroatoms. The number of fused-ring (bicyclic) bond motifs is 5. The summed E-state index contributed by atoms with van der Waals surface area (Å²) >= 11 is 0. The normalized spacial score (nSPS) is 24.1. The van der Waals surface area contributed by atoms with Crippen molar-refractivity contribution in [3.8, 4) is 11.5 Å². The van der Waals surface area contributed by atoms with Gasteiger partial charge in [-0.25, -0.2) is 0 Å². The van der Waals surface area contributed by atoms with Gasteiger partial charge < -0.3 is 40.2 Å². The smallest absolute Gasteiger partial charge is 0.252 e. The summed E-state index contributed by atoms with van der Waals surface area (Å²) in [5, 5.41) is 15.6. The van der Waals surface area contributed by atoms with Crippen molar-refractivity contribution in [1.82, 2.24) is 5.32 Å². The summed E-state index contributed by atoms with van der Waals surface area (Å²) in [4.78, 5) is 36.2. The van der Waals surface area contributed by atoms with Crippen LogP contribution in [-0.4, -0.2) is 81.8 Å². The van der Waals surface area contributed by atoms with Gasteiger partial charge in [-0.15, -0.1) is 0 Å². The molecule has 0 spiro atoms. The molecule has 0 aromatic heterocycles. The standard InChI is InChI=1S/C37H52N3O9P/c1-23-5-11-30(35(43)34(23)36(38)44)40-33(42)22-47-20-19-46-18-16-39-32(41)14-17-48-31-12-10-29-28-8-6-24-21-25(49-50(3,4)45)7-9-26(24)27(28)13-15-37(29,31)2/h5,7,9,11,21,27-29,31,43H,6,8,10,12-20,22H2,1-4H3,(H2,38,44)(H,39,41)(H,40,42)/t27?,28?,29?,31-,37?/m1/s1. The number of ether oxygens (including phenoxy) is 3. The lowest BCUT2D eigenvalue weighted by Crippen LogP contribution is -2.45. The number of hydrogen-bond donors (Lipinski definition) is 4. The molecule has 5 atom stereocenters. The Morgan fingerprint density at radius 2 is 1.78 bits per heavy atom. The predicted molar refractivity (Wildman–Crippen MR) is 190 cm³/mol. The van der Waals surface area contributed by atoms with Gasteiger partial charge >= 0.3 is 0 Å². The van der Waals surface area contributed by atoms with Crippen molar-refractivity contribution < 1.29 is 42.8 Å². The van der Waals surface area contributed by atoms with Crippen molar-refractivity contribution in [2.45, 2.75) is 70.8 Å². The number of benzene rings is 2. The number of phenols is 1. The first-order valence-electron chi connectivity index (χ1n) is 17.6. The minimum Gasteiger partial charge on any atom is -0.505 e. The van der Waals surface area contributed by atoms with Gasteiger partial charge in [-0.1, -0.05) is 19.1 Å². The van der Waals surface area contributed by atoms with Crippen LogP contribution >= 0.6 is 7.37 Å². The molecule has 4 unspecified atom stereocenters. The van der Waals surface area contributed by atoms with Crippen LogP contribution in [0.4, 0.5) is 5.69 Å². The molecule has 5 rings (SSSR count). The summed E-state index contributed by atoms with van der Waals surface area (Å²) in [5.41, 5.74) is 8.71. The third kappa shape index (κ3) is 9.07. The molecular weight excluding hydrogens is 661 g/mol. The zero-order valence-electron chi connectivity index (χ0n) is 29.6. The fourth-order valence-electron chi connectivity index (χ4n) is 8.41. The number of amides is 3. The molecule has 5 N–H and O–H groups in total. The summed E-state index contributed by atoms with van der Waals surface area (Å²) < 4.78 is 35.1. The number of nitrogens with two attached hydrogens (primary N) is 1. The van der Waals surface area contributed by atoms with E-state index in [9.17, 15) is 24.1 Å².